The molecule has 0 aliphatic heterocycles. The van der Waals surface area contributed by atoms with E-state index in [-0.39, 0.29) is 11.8 Å². The summed E-state index contributed by atoms with van der Waals surface area (Å²) in [5.41, 5.74) is 22.8. The molecule has 19 aromatic rings. The molecule has 2 unspecified atom stereocenters. The Morgan fingerprint density at radius 1 is 0.226 bits per heavy atom. The lowest BCUT2D eigenvalue weighted by Crippen LogP contribution is -2.04. The standard InChI is InChI=1S/C80H48N2O2/c1-5-19-47(20-6-1)53-27-13-33-59-61-35-17-37-63(79(61)83-77(53)59)73(49-23-9-3-10-24-49)51-39-41-69-65(43-51)55-29-15-31-57-67-46-72-68(45-71(67)81(69)75(55)57)58-32-16-30-56-66-44-52(40-42-70(66)82(72)76(56)58)74(50-25-11-4-12-26-50)64-38-18-36-62-60-34-14-28-54(78(60)84-80(62)64)48-21-7-2-8-22-48/h1-46,73-74H. The molecule has 6 heterocycles. The molecule has 0 aliphatic rings. The van der Waals surface area contributed by atoms with E-state index < -0.39 is 0 Å². The van der Waals surface area contributed by atoms with E-state index in [0.717, 1.165) is 77.3 Å². The third kappa shape index (κ3) is 6.31. The molecule has 0 saturated heterocycles. The Labute approximate surface area is 481 Å². The van der Waals surface area contributed by atoms with Crippen molar-refractivity contribution < 1.29 is 8.83 Å². The predicted octanol–water partition coefficient (Wildman–Crippen LogP) is 21.5. The van der Waals surface area contributed by atoms with Gasteiger partial charge < -0.3 is 17.6 Å². The molecule has 0 fully saturated rings. The minimum atomic E-state index is -0.0786. The highest BCUT2D eigenvalue weighted by atomic mass is 16.3. The van der Waals surface area contributed by atoms with Gasteiger partial charge in [-0.1, -0.05) is 243 Å². The average molecular weight is 1070 g/mol. The van der Waals surface area contributed by atoms with Gasteiger partial charge in [0.15, 0.2) is 0 Å². The number of para-hydroxylation sites is 6. The van der Waals surface area contributed by atoms with Crippen molar-refractivity contribution in [2.45, 2.75) is 11.8 Å². The number of fused-ring (bicyclic) bond motifs is 18. The normalized spacial score (nSPS) is 13.1. The van der Waals surface area contributed by atoms with E-state index in [4.69, 9.17) is 8.83 Å². The zero-order valence-electron chi connectivity index (χ0n) is 45.4. The Kier molecular flexibility index (Phi) is 9.42. The van der Waals surface area contributed by atoms with Gasteiger partial charge in [0.25, 0.3) is 0 Å². The van der Waals surface area contributed by atoms with Crippen LogP contribution in [0.15, 0.2) is 288 Å². The number of hydrogen-bond acceptors (Lipinski definition) is 2. The summed E-state index contributed by atoms with van der Waals surface area (Å²) in [6.45, 7) is 0. The summed E-state index contributed by atoms with van der Waals surface area (Å²) in [6.07, 6.45) is 0. The molecule has 0 N–H and O–H groups in total. The van der Waals surface area contributed by atoms with Crippen LogP contribution in [0.4, 0.5) is 0 Å². The number of nitrogens with zero attached hydrogens (tertiary/aromatic N) is 2. The molecule has 0 amide bonds. The van der Waals surface area contributed by atoms with Crippen LogP contribution in [0.1, 0.15) is 45.2 Å². The molecule has 4 heteroatoms. The summed E-state index contributed by atoms with van der Waals surface area (Å²) < 4.78 is 19.3. The van der Waals surface area contributed by atoms with E-state index in [1.54, 1.807) is 0 Å². The average Bonchev–Trinajstić information content (AvgIpc) is 1.92. The molecule has 0 radical (unpaired) electrons. The van der Waals surface area contributed by atoms with E-state index in [9.17, 15) is 0 Å². The molecule has 390 valence electrons. The molecule has 0 saturated carbocycles. The first-order chi connectivity index (χ1) is 41.7. The molecule has 6 aromatic heterocycles. The first-order valence-corrected chi connectivity index (χ1v) is 29.1. The molecular formula is C80H48N2O2. The predicted molar refractivity (Wildman–Crippen MR) is 349 cm³/mol. The van der Waals surface area contributed by atoms with Crippen molar-refractivity contribution in [3.63, 3.8) is 0 Å². The van der Waals surface area contributed by atoms with Crippen molar-refractivity contribution in [1.29, 1.82) is 0 Å². The summed E-state index contributed by atoms with van der Waals surface area (Å²) >= 11 is 0. The Morgan fingerprint density at radius 3 is 0.964 bits per heavy atom. The highest BCUT2D eigenvalue weighted by molar-refractivity contribution is 6.29. The molecule has 0 aliphatic carbocycles. The van der Waals surface area contributed by atoms with Crippen LogP contribution in [0.25, 0.3) is 142 Å². The zero-order chi connectivity index (χ0) is 54.7. The Bertz CT molecular complexity index is 5490. The van der Waals surface area contributed by atoms with E-state index in [1.165, 1.54) is 98.4 Å². The molecule has 0 bridgehead atoms. The van der Waals surface area contributed by atoms with Gasteiger partial charge in [0.05, 0.1) is 33.1 Å². The highest BCUT2D eigenvalue weighted by Gasteiger charge is 2.29. The lowest BCUT2D eigenvalue weighted by molar-refractivity contribution is 0.662. The second-order valence-electron chi connectivity index (χ2n) is 22.9. The van der Waals surface area contributed by atoms with Crippen LogP contribution < -0.4 is 0 Å². The number of benzene rings is 13. The quantitative estimate of drug-likeness (QED) is 0.142. The second-order valence-corrected chi connectivity index (χ2v) is 22.9. The van der Waals surface area contributed by atoms with Gasteiger partial charge in [0.2, 0.25) is 0 Å². The Hall–Kier alpha value is -10.9. The van der Waals surface area contributed by atoms with Gasteiger partial charge in [-0.25, -0.2) is 0 Å². The molecule has 13 aromatic carbocycles. The van der Waals surface area contributed by atoms with Crippen LogP contribution in [0.5, 0.6) is 0 Å². The van der Waals surface area contributed by atoms with Crippen LogP contribution in [-0.2, 0) is 0 Å². The Balaban J connectivity index is 0.777. The van der Waals surface area contributed by atoms with Crippen LogP contribution >= 0.6 is 0 Å². The lowest BCUT2D eigenvalue weighted by Gasteiger charge is -2.19. The number of aromatic nitrogens is 2. The van der Waals surface area contributed by atoms with E-state index in [2.05, 4.69) is 288 Å². The first-order valence-electron chi connectivity index (χ1n) is 29.1. The van der Waals surface area contributed by atoms with E-state index in [1.807, 2.05) is 0 Å². The lowest BCUT2D eigenvalue weighted by atomic mass is 9.84. The SMILES string of the molecule is c1ccc(-c2cccc3c2oc2c(C(c4ccccc4)c4ccc5c(c4)c4cccc6c7cc8c(cc7n5c46)c4cccc5c6cc(C(c7ccccc7)c7cccc9c7oc7c(-c%10ccccc%10)cccc79)ccc6n8c54)cccc23)cc1. The largest absolute Gasteiger partial charge is 0.455 e. The van der Waals surface area contributed by atoms with Gasteiger partial charge >= 0.3 is 0 Å². The van der Waals surface area contributed by atoms with Gasteiger partial charge in [0, 0.05) is 98.7 Å². The van der Waals surface area contributed by atoms with Crippen molar-refractivity contribution in [1.82, 2.24) is 8.80 Å². The maximum Gasteiger partial charge on any atom is 0.143 e. The van der Waals surface area contributed by atoms with Crippen LogP contribution in [0.3, 0.4) is 0 Å². The molecular weight excluding hydrogens is 1020 g/mol. The van der Waals surface area contributed by atoms with Crippen molar-refractivity contribution in [3.8, 4) is 22.3 Å². The molecule has 4 nitrogen and oxygen atoms in total. The van der Waals surface area contributed by atoms with E-state index >= 15 is 0 Å². The third-order valence-electron chi connectivity index (χ3n) is 18.6. The van der Waals surface area contributed by atoms with Crippen molar-refractivity contribution >= 4 is 120 Å². The smallest absolute Gasteiger partial charge is 0.143 e. The van der Waals surface area contributed by atoms with Crippen LogP contribution in [-0.4, -0.2) is 8.80 Å². The molecule has 0 spiro atoms. The summed E-state index contributed by atoms with van der Waals surface area (Å²) in [5, 5.41) is 14.6. The number of furan rings is 2. The van der Waals surface area contributed by atoms with Gasteiger partial charge in [0.1, 0.15) is 22.3 Å². The minimum absolute atomic E-state index is 0.0786. The maximum absolute atomic E-state index is 7.09. The molecule has 2 atom stereocenters. The third-order valence-corrected chi connectivity index (χ3v) is 18.6. The maximum atomic E-state index is 7.09. The van der Waals surface area contributed by atoms with E-state index in [0.29, 0.717) is 0 Å². The fourth-order valence-electron chi connectivity index (χ4n) is 15.1. The van der Waals surface area contributed by atoms with Gasteiger partial charge in [-0.2, -0.15) is 0 Å². The van der Waals surface area contributed by atoms with Gasteiger partial charge in [-0.15, -0.1) is 0 Å². The number of rotatable bonds is 8. The van der Waals surface area contributed by atoms with Crippen molar-refractivity contribution in [2.75, 3.05) is 0 Å². The van der Waals surface area contributed by atoms with Gasteiger partial charge in [-0.05, 0) is 69.8 Å². The monoisotopic (exact) mass is 1070 g/mol. The molecule has 84 heavy (non-hydrogen) atoms. The zero-order valence-corrected chi connectivity index (χ0v) is 45.4. The second kappa shape index (κ2) is 17.3. The fourth-order valence-corrected chi connectivity index (χ4v) is 15.1. The highest BCUT2D eigenvalue weighted by Crippen LogP contribution is 2.49. The first kappa shape index (κ1) is 45.8. The number of hydrogen-bond donors (Lipinski definition) is 0. The van der Waals surface area contributed by atoms with Crippen molar-refractivity contribution in [2.24, 2.45) is 0 Å². The topological polar surface area (TPSA) is 35.1 Å². The van der Waals surface area contributed by atoms with Gasteiger partial charge in [-0.3, -0.25) is 0 Å². The summed E-state index contributed by atoms with van der Waals surface area (Å²) in [4.78, 5) is 0. The Morgan fingerprint density at radius 2 is 0.560 bits per heavy atom. The fraction of sp³-hybridized carbons (Fsp3) is 0.0250. The summed E-state index contributed by atoms with van der Waals surface area (Å²) in [6, 6.07) is 103. The summed E-state index contributed by atoms with van der Waals surface area (Å²) in [7, 11) is 0. The van der Waals surface area contributed by atoms with Crippen LogP contribution in [0.2, 0.25) is 0 Å². The minimum Gasteiger partial charge on any atom is -0.455 e. The van der Waals surface area contributed by atoms with Crippen LogP contribution in [0, 0.1) is 0 Å². The summed E-state index contributed by atoms with van der Waals surface area (Å²) in [5.74, 6) is -0.157. The van der Waals surface area contributed by atoms with Crippen molar-refractivity contribution in [3.05, 3.63) is 312 Å². The molecule has 19 rings (SSSR count).